The molecule has 116 valence electrons. The second kappa shape index (κ2) is 5.75. The number of hydrogen-bond acceptors (Lipinski definition) is 3. The number of nitrogens with one attached hydrogen (secondary N) is 1. The Labute approximate surface area is 129 Å². The summed E-state index contributed by atoms with van der Waals surface area (Å²) in [6, 6.07) is 5.84. The molecular weight excluding hydrogens is 280 g/mol. The van der Waals surface area contributed by atoms with Gasteiger partial charge in [0.15, 0.2) is 0 Å². The van der Waals surface area contributed by atoms with Crippen molar-refractivity contribution in [3.8, 4) is 5.75 Å². The number of allylic oxidation sites excluding steroid dienone is 1. The molecule has 0 radical (unpaired) electrons. The molecule has 1 aromatic heterocycles. The fraction of sp³-hybridized carbons (Fsp3) is 0.353. The topological polar surface area (TPSA) is 65.6 Å². The first-order chi connectivity index (χ1) is 10.6. The smallest absolute Gasteiger partial charge is 0.255 e. The van der Waals surface area contributed by atoms with Gasteiger partial charge in [0.2, 0.25) is 0 Å². The van der Waals surface area contributed by atoms with Crippen molar-refractivity contribution in [1.29, 1.82) is 0 Å². The molecule has 5 nitrogen and oxygen atoms in total. The lowest BCUT2D eigenvalue weighted by Crippen LogP contribution is -2.27. The number of ether oxygens (including phenoxy) is 1. The van der Waals surface area contributed by atoms with E-state index in [4.69, 9.17) is 4.74 Å². The average molecular weight is 300 g/mol. The van der Waals surface area contributed by atoms with Crippen LogP contribution in [0.15, 0.2) is 30.0 Å². The number of anilines is 1. The molecule has 2 N–H and O–H groups in total. The number of H-pyrrole nitrogens is 1. The van der Waals surface area contributed by atoms with Crippen molar-refractivity contribution in [2.75, 3.05) is 18.6 Å². The molecule has 2 aromatic rings. The predicted molar refractivity (Wildman–Crippen MR) is 86.5 cm³/mol. The van der Waals surface area contributed by atoms with Crippen LogP contribution in [0.3, 0.4) is 0 Å². The Morgan fingerprint density at radius 3 is 3.05 bits per heavy atom. The molecule has 22 heavy (non-hydrogen) atoms. The Bertz CT molecular complexity index is 746. The van der Waals surface area contributed by atoms with E-state index in [1.807, 2.05) is 25.1 Å². The summed E-state index contributed by atoms with van der Waals surface area (Å²) in [6.45, 7) is 2.59. The van der Waals surface area contributed by atoms with Gasteiger partial charge in [-0.1, -0.05) is 6.92 Å². The molecule has 2 heterocycles. The van der Waals surface area contributed by atoms with Crippen LogP contribution in [0.5, 0.6) is 5.75 Å². The fourth-order valence-corrected chi connectivity index (χ4v) is 2.93. The number of nitrogens with zero attached hydrogens (tertiary/aromatic N) is 1. The van der Waals surface area contributed by atoms with E-state index in [2.05, 4.69) is 4.98 Å². The van der Waals surface area contributed by atoms with Crippen molar-refractivity contribution >= 4 is 22.6 Å². The van der Waals surface area contributed by atoms with Crippen LogP contribution in [0, 0.1) is 0 Å². The fourth-order valence-electron chi connectivity index (χ4n) is 2.93. The van der Waals surface area contributed by atoms with Gasteiger partial charge in [-0.2, -0.15) is 0 Å². The standard InChI is InChI=1S/C17H20N2O3/c1-3-4-11(20)9-16(21)19-8-7-13-14-10-12(22-2)5-6-15(14)18-17(13)19/h5-6,9-10,18,20H,3-4,7-8H2,1-2H3/b11-9-. The molecule has 0 aliphatic carbocycles. The largest absolute Gasteiger partial charge is 0.512 e. The molecule has 3 rings (SSSR count). The first kappa shape index (κ1) is 14.5. The molecule has 0 saturated carbocycles. The molecule has 0 bridgehead atoms. The second-order valence-electron chi connectivity index (χ2n) is 5.49. The van der Waals surface area contributed by atoms with Gasteiger partial charge in [-0.25, -0.2) is 0 Å². The van der Waals surface area contributed by atoms with E-state index in [1.54, 1.807) is 12.0 Å². The Morgan fingerprint density at radius 1 is 1.50 bits per heavy atom. The van der Waals surface area contributed by atoms with Gasteiger partial charge < -0.3 is 14.8 Å². The molecule has 0 spiro atoms. The van der Waals surface area contributed by atoms with E-state index in [-0.39, 0.29) is 11.7 Å². The number of benzene rings is 1. The molecule has 0 fully saturated rings. The monoisotopic (exact) mass is 300 g/mol. The highest BCUT2D eigenvalue weighted by molar-refractivity contribution is 6.05. The van der Waals surface area contributed by atoms with Crippen molar-refractivity contribution in [2.45, 2.75) is 26.2 Å². The first-order valence-electron chi connectivity index (χ1n) is 7.53. The van der Waals surface area contributed by atoms with Gasteiger partial charge >= 0.3 is 0 Å². The van der Waals surface area contributed by atoms with Crippen molar-refractivity contribution < 1.29 is 14.6 Å². The quantitative estimate of drug-likeness (QED) is 0.672. The first-order valence-corrected chi connectivity index (χ1v) is 7.53. The number of carbonyl (C=O) groups is 1. The Balaban J connectivity index is 1.94. The number of fused-ring (bicyclic) bond motifs is 3. The molecule has 0 atom stereocenters. The van der Waals surface area contributed by atoms with Gasteiger partial charge in [-0.15, -0.1) is 0 Å². The Kier molecular flexibility index (Phi) is 3.79. The summed E-state index contributed by atoms with van der Waals surface area (Å²) in [5.74, 6) is 1.59. The minimum Gasteiger partial charge on any atom is -0.512 e. The highest BCUT2D eigenvalue weighted by Crippen LogP contribution is 2.36. The molecule has 5 heteroatoms. The van der Waals surface area contributed by atoms with E-state index in [0.717, 1.165) is 40.9 Å². The van der Waals surface area contributed by atoms with Crippen LogP contribution in [-0.4, -0.2) is 29.7 Å². The highest BCUT2D eigenvalue weighted by Gasteiger charge is 2.27. The number of aliphatic hydroxyl groups is 1. The van der Waals surface area contributed by atoms with E-state index >= 15 is 0 Å². The molecular formula is C17H20N2O3. The van der Waals surface area contributed by atoms with Crippen molar-refractivity contribution in [3.63, 3.8) is 0 Å². The number of aliphatic hydroxyl groups excluding tert-OH is 1. The summed E-state index contributed by atoms with van der Waals surface area (Å²) in [6.07, 6.45) is 3.46. The van der Waals surface area contributed by atoms with E-state index in [0.29, 0.717) is 13.0 Å². The van der Waals surface area contributed by atoms with Crippen molar-refractivity contribution in [3.05, 3.63) is 35.6 Å². The summed E-state index contributed by atoms with van der Waals surface area (Å²) in [7, 11) is 1.64. The molecule has 1 aliphatic heterocycles. The highest BCUT2D eigenvalue weighted by atomic mass is 16.5. The third kappa shape index (κ3) is 2.43. The maximum Gasteiger partial charge on any atom is 0.255 e. The SMILES string of the molecule is CCC/C(O)=C/C(=O)N1CCc2c1[nH]c1ccc(OC)cc21. The summed E-state index contributed by atoms with van der Waals surface area (Å²) in [4.78, 5) is 17.3. The average Bonchev–Trinajstić information content (AvgIpc) is 3.05. The maximum atomic E-state index is 12.3. The van der Waals surface area contributed by atoms with Crippen LogP contribution in [0.2, 0.25) is 0 Å². The minimum atomic E-state index is -0.178. The van der Waals surface area contributed by atoms with E-state index in [1.165, 1.54) is 6.08 Å². The number of hydrogen-bond donors (Lipinski definition) is 2. The summed E-state index contributed by atoms with van der Waals surface area (Å²) in [5.41, 5.74) is 2.12. The number of methoxy groups -OCH3 is 1. The molecule has 1 amide bonds. The van der Waals surface area contributed by atoms with Gasteiger partial charge in [0.1, 0.15) is 11.6 Å². The van der Waals surface area contributed by atoms with Crippen molar-refractivity contribution in [2.24, 2.45) is 0 Å². The second-order valence-corrected chi connectivity index (χ2v) is 5.49. The summed E-state index contributed by atoms with van der Waals surface area (Å²) in [5, 5.41) is 10.8. The van der Waals surface area contributed by atoms with Crippen LogP contribution >= 0.6 is 0 Å². The third-order valence-electron chi connectivity index (χ3n) is 4.01. The Morgan fingerprint density at radius 2 is 2.32 bits per heavy atom. The zero-order valence-electron chi connectivity index (χ0n) is 12.8. The lowest BCUT2D eigenvalue weighted by atomic mass is 10.1. The molecule has 0 saturated heterocycles. The van der Waals surface area contributed by atoms with Crippen LogP contribution < -0.4 is 9.64 Å². The number of amides is 1. The Hall–Kier alpha value is -2.43. The zero-order valence-corrected chi connectivity index (χ0v) is 12.8. The lowest BCUT2D eigenvalue weighted by Gasteiger charge is -2.13. The number of aromatic nitrogens is 1. The maximum absolute atomic E-state index is 12.3. The van der Waals surface area contributed by atoms with Gasteiger partial charge in [0.25, 0.3) is 5.91 Å². The normalized spacial score (nSPS) is 14.5. The van der Waals surface area contributed by atoms with Gasteiger partial charge in [-0.05, 0) is 31.0 Å². The van der Waals surface area contributed by atoms with E-state index in [9.17, 15) is 9.90 Å². The number of aromatic amines is 1. The van der Waals surface area contributed by atoms with E-state index < -0.39 is 0 Å². The third-order valence-corrected chi connectivity index (χ3v) is 4.01. The summed E-state index contributed by atoms with van der Waals surface area (Å²) >= 11 is 0. The van der Waals surface area contributed by atoms with Gasteiger partial charge in [0.05, 0.1) is 12.9 Å². The molecule has 0 unspecified atom stereocenters. The van der Waals surface area contributed by atoms with Crippen LogP contribution in [-0.2, 0) is 11.2 Å². The minimum absolute atomic E-state index is 0.138. The van der Waals surface area contributed by atoms with Crippen LogP contribution in [0.1, 0.15) is 25.3 Å². The lowest BCUT2D eigenvalue weighted by molar-refractivity contribution is -0.114. The zero-order chi connectivity index (χ0) is 15.7. The van der Waals surface area contributed by atoms with Gasteiger partial charge in [-0.3, -0.25) is 9.69 Å². The number of carbonyl (C=O) groups excluding carboxylic acids is 1. The molecule has 1 aromatic carbocycles. The van der Waals surface area contributed by atoms with Crippen LogP contribution in [0.25, 0.3) is 10.9 Å². The van der Waals surface area contributed by atoms with Crippen molar-refractivity contribution in [1.82, 2.24) is 4.98 Å². The predicted octanol–water partition coefficient (Wildman–Crippen LogP) is 3.31. The van der Waals surface area contributed by atoms with Gasteiger partial charge in [0, 0.05) is 35.5 Å². The summed E-state index contributed by atoms with van der Waals surface area (Å²) < 4.78 is 5.27. The van der Waals surface area contributed by atoms with Crippen LogP contribution in [0.4, 0.5) is 5.82 Å². The molecule has 1 aliphatic rings. The number of rotatable bonds is 4.